The topological polar surface area (TPSA) is 70.1 Å². The van der Waals surface area contributed by atoms with Crippen molar-refractivity contribution < 1.29 is 4.79 Å². The van der Waals surface area contributed by atoms with Crippen LogP contribution in [0.15, 0.2) is 29.1 Å². The summed E-state index contributed by atoms with van der Waals surface area (Å²) in [5, 5.41) is 3.51. The molecular weight excluding hydrogens is 336 g/mol. The Hall–Kier alpha value is -1.99. The molecule has 0 radical (unpaired) electrons. The van der Waals surface area contributed by atoms with Crippen molar-refractivity contribution in [3.63, 3.8) is 0 Å². The van der Waals surface area contributed by atoms with E-state index in [1.54, 1.807) is 6.07 Å². The van der Waals surface area contributed by atoms with Gasteiger partial charge in [0.25, 0.3) is 5.56 Å². The number of likely N-dealkylation sites (N-methyl/N-ethyl adjacent to an activating group) is 1. The molecule has 136 valence electrons. The number of carbonyl (C=O) groups is 1. The molecule has 1 atom stereocenters. The van der Waals surface area contributed by atoms with Gasteiger partial charge in [0.1, 0.15) is 0 Å². The maximum Gasteiger partial charge on any atom is 0.262 e. The van der Waals surface area contributed by atoms with Gasteiger partial charge in [-0.1, -0.05) is 26.0 Å². The number of benzene rings is 1. The van der Waals surface area contributed by atoms with Crippen molar-refractivity contribution in [3.05, 3.63) is 39.4 Å². The van der Waals surface area contributed by atoms with Crippen LogP contribution in [0.2, 0.25) is 0 Å². The lowest BCUT2D eigenvalue weighted by Gasteiger charge is -2.26. The number of aromatic nitrogens is 2. The van der Waals surface area contributed by atoms with Crippen molar-refractivity contribution >= 4 is 29.0 Å². The first-order valence-electron chi connectivity index (χ1n) is 8.70. The third-order valence-electron chi connectivity index (χ3n) is 4.48. The summed E-state index contributed by atoms with van der Waals surface area (Å²) in [5.74, 6) is -0.0755. The van der Waals surface area contributed by atoms with Gasteiger partial charge in [-0.05, 0) is 44.4 Å². The average Bonchev–Trinajstić information content (AvgIpc) is 2.60. The van der Waals surface area contributed by atoms with Crippen LogP contribution in [-0.4, -0.2) is 46.0 Å². The predicted octanol–water partition coefficient (Wildman–Crippen LogP) is 2.30. The SMILES string of the molecule is CCN(CC)C(C)CNC(=O)CCn1c(=S)[nH]c2ccccc2c1=O. The molecule has 25 heavy (non-hydrogen) atoms. The van der Waals surface area contributed by atoms with Gasteiger partial charge < -0.3 is 10.3 Å². The van der Waals surface area contributed by atoms with Crippen LogP contribution in [0.1, 0.15) is 27.2 Å². The second-order valence-electron chi connectivity index (χ2n) is 6.06. The van der Waals surface area contributed by atoms with E-state index < -0.39 is 0 Å². The van der Waals surface area contributed by atoms with E-state index in [9.17, 15) is 9.59 Å². The number of fused-ring (bicyclic) bond motifs is 1. The molecule has 7 heteroatoms. The summed E-state index contributed by atoms with van der Waals surface area (Å²) in [4.78, 5) is 30.0. The molecule has 0 spiro atoms. The standard InChI is InChI=1S/C18H26N4O2S/c1-4-21(5-2)13(3)12-19-16(23)10-11-22-17(24)14-8-6-7-9-15(14)20-18(22)25/h6-9,13H,4-5,10-12H2,1-3H3,(H,19,23)(H,20,25). The van der Waals surface area contributed by atoms with Gasteiger partial charge in [-0.25, -0.2) is 0 Å². The zero-order valence-corrected chi connectivity index (χ0v) is 15.9. The van der Waals surface area contributed by atoms with Crippen molar-refractivity contribution in [3.8, 4) is 0 Å². The molecule has 0 bridgehead atoms. The Kier molecular flexibility index (Phi) is 6.90. The van der Waals surface area contributed by atoms with Crippen molar-refractivity contribution in [1.82, 2.24) is 19.8 Å². The molecule has 1 aromatic carbocycles. The van der Waals surface area contributed by atoms with Crippen LogP contribution in [0.3, 0.4) is 0 Å². The number of para-hydroxylation sites is 1. The first-order valence-corrected chi connectivity index (χ1v) is 9.11. The molecule has 6 nitrogen and oxygen atoms in total. The molecule has 0 aliphatic rings. The van der Waals surface area contributed by atoms with Crippen LogP contribution in [0.4, 0.5) is 0 Å². The Morgan fingerprint density at radius 3 is 2.68 bits per heavy atom. The van der Waals surface area contributed by atoms with E-state index in [0.717, 1.165) is 13.1 Å². The van der Waals surface area contributed by atoms with Gasteiger partial charge in [0, 0.05) is 25.6 Å². The van der Waals surface area contributed by atoms with Gasteiger partial charge in [-0.2, -0.15) is 0 Å². The highest BCUT2D eigenvalue weighted by Gasteiger charge is 2.12. The van der Waals surface area contributed by atoms with Crippen LogP contribution >= 0.6 is 12.2 Å². The zero-order chi connectivity index (χ0) is 18.4. The van der Waals surface area contributed by atoms with Crippen LogP contribution < -0.4 is 10.9 Å². The molecule has 0 fully saturated rings. The molecule has 0 aliphatic heterocycles. The lowest BCUT2D eigenvalue weighted by atomic mass is 10.2. The van der Waals surface area contributed by atoms with Gasteiger partial charge in [-0.3, -0.25) is 19.1 Å². The maximum atomic E-state index is 12.5. The van der Waals surface area contributed by atoms with E-state index in [-0.39, 0.29) is 30.5 Å². The van der Waals surface area contributed by atoms with Gasteiger partial charge in [-0.15, -0.1) is 0 Å². The van der Waals surface area contributed by atoms with Gasteiger partial charge in [0.15, 0.2) is 4.77 Å². The number of carbonyl (C=O) groups excluding carboxylic acids is 1. The Morgan fingerprint density at radius 2 is 2.00 bits per heavy atom. The first-order chi connectivity index (χ1) is 12.0. The van der Waals surface area contributed by atoms with Crippen LogP contribution in [0, 0.1) is 4.77 Å². The molecule has 0 saturated carbocycles. The van der Waals surface area contributed by atoms with Gasteiger partial charge >= 0.3 is 0 Å². The number of amides is 1. The summed E-state index contributed by atoms with van der Waals surface area (Å²) in [6.07, 6.45) is 0.223. The second kappa shape index (κ2) is 8.92. The molecule has 2 N–H and O–H groups in total. The zero-order valence-electron chi connectivity index (χ0n) is 15.0. The second-order valence-corrected chi connectivity index (χ2v) is 6.44. The number of nitrogens with zero attached hydrogens (tertiary/aromatic N) is 2. The summed E-state index contributed by atoms with van der Waals surface area (Å²) < 4.78 is 1.79. The highest BCUT2D eigenvalue weighted by Crippen LogP contribution is 2.06. The molecule has 1 aromatic heterocycles. The van der Waals surface area contributed by atoms with Crippen LogP contribution in [0.25, 0.3) is 10.9 Å². The monoisotopic (exact) mass is 362 g/mol. The largest absolute Gasteiger partial charge is 0.354 e. The van der Waals surface area contributed by atoms with Crippen LogP contribution in [-0.2, 0) is 11.3 Å². The quantitative estimate of drug-likeness (QED) is 0.707. The Labute approximate surface area is 152 Å². The van der Waals surface area contributed by atoms with Gasteiger partial charge in [0.05, 0.1) is 10.9 Å². The van der Waals surface area contributed by atoms with E-state index >= 15 is 0 Å². The third-order valence-corrected chi connectivity index (χ3v) is 4.80. The molecule has 1 unspecified atom stereocenters. The molecule has 1 heterocycles. The lowest BCUT2D eigenvalue weighted by Crippen LogP contribution is -2.42. The van der Waals surface area contributed by atoms with Crippen molar-refractivity contribution in [1.29, 1.82) is 0 Å². The minimum absolute atomic E-state index is 0.0755. The molecule has 2 rings (SSSR count). The fraction of sp³-hybridized carbons (Fsp3) is 0.500. The lowest BCUT2D eigenvalue weighted by molar-refractivity contribution is -0.121. The minimum atomic E-state index is -0.163. The van der Waals surface area contributed by atoms with E-state index in [1.165, 1.54) is 4.57 Å². The summed E-state index contributed by atoms with van der Waals surface area (Å²) in [6.45, 7) is 9.08. The van der Waals surface area contributed by atoms with Gasteiger partial charge in [0.2, 0.25) is 5.91 Å². The first kappa shape index (κ1) is 19.3. The van der Waals surface area contributed by atoms with E-state index in [0.29, 0.717) is 22.2 Å². The smallest absolute Gasteiger partial charge is 0.262 e. The average molecular weight is 362 g/mol. The van der Waals surface area contributed by atoms with E-state index in [1.807, 2.05) is 18.2 Å². The number of hydrogen-bond donors (Lipinski definition) is 2. The minimum Gasteiger partial charge on any atom is -0.354 e. The summed E-state index contributed by atoms with van der Waals surface area (Å²) in [5.41, 5.74) is 0.551. The molecule has 0 aliphatic carbocycles. The Bertz CT molecular complexity index is 839. The molecule has 0 saturated heterocycles. The number of nitrogens with one attached hydrogen (secondary N) is 2. The fourth-order valence-electron chi connectivity index (χ4n) is 2.94. The number of rotatable bonds is 8. The highest BCUT2D eigenvalue weighted by atomic mass is 32.1. The number of H-pyrrole nitrogens is 1. The normalized spacial score (nSPS) is 12.5. The molecule has 2 aromatic rings. The summed E-state index contributed by atoms with van der Waals surface area (Å²) in [7, 11) is 0. The van der Waals surface area contributed by atoms with Crippen molar-refractivity contribution in [2.75, 3.05) is 19.6 Å². The summed E-state index contributed by atoms with van der Waals surface area (Å²) in [6, 6.07) is 7.52. The molecular formula is C18H26N4O2S. The Morgan fingerprint density at radius 1 is 1.32 bits per heavy atom. The molecule has 1 amide bonds. The Balaban J connectivity index is 2.00. The summed E-state index contributed by atoms with van der Waals surface area (Å²) >= 11 is 5.26. The van der Waals surface area contributed by atoms with E-state index in [2.05, 4.69) is 36.0 Å². The maximum absolute atomic E-state index is 12.5. The number of hydrogen-bond acceptors (Lipinski definition) is 4. The third kappa shape index (κ3) is 4.76. The van der Waals surface area contributed by atoms with E-state index in [4.69, 9.17) is 12.2 Å². The fourth-order valence-corrected chi connectivity index (χ4v) is 3.23. The van der Waals surface area contributed by atoms with Crippen molar-refractivity contribution in [2.24, 2.45) is 0 Å². The number of aromatic amines is 1. The highest BCUT2D eigenvalue weighted by molar-refractivity contribution is 7.71. The van der Waals surface area contributed by atoms with Crippen LogP contribution in [0.5, 0.6) is 0 Å². The predicted molar refractivity (Wildman–Crippen MR) is 103 cm³/mol. The van der Waals surface area contributed by atoms with Crippen molar-refractivity contribution in [2.45, 2.75) is 39.8 Å².